The number of nitrogens with two attached hydrogens (primary N) is 1. The predicted octanol–water partition coefficient (Wildman–Crippen LogP) is 2.73. The molecule has 0 radical (unpaired) electrons. The van der Waals surface area contributed by atoms with Gasteiger partial charge in [0.1, 0.15) is 0 Å². The first-order valence-electron chi connectivity index (χ1n) is 6.83. The van der Waals surface area contributed by atoms with Crippen LogP contribution in [-0.2, 0) is 11.8 Å². The van der Waals surface area contributed by atoms with Crippen LogP contribution in [0.3, 0.4) is 0 Å². The molecule has 18 heavy (non-hydrogen) atoms. The van der Waals surface area contributed by atoms with Crippen LogP contribution in [0.25, 0.3) is 0 Å². The molecule has 0 aliphatic carbocycles. The molecule has 1 aromatic rings. The Hall–Kier alpha value is -0.860. The molecule has 0 heterocycles. The first kappa shape index (κ1) is 15.2. The van der Waals surface area contributed by atoms with Gasteiger partial charge in [-0.1, -0.05) is 39.0 Å². The van der Waals surface area contributed by atoms with E-state index in [1.807, 2.05) is 0 Å². The molecule has 0 amide bonds. The van der Waals surface area contributed by atoms with Crippen LogP contribution in [0.5, 0.6) is 0 Å². The maximum Gasteiger partial charge on any atom is 0.0102 e. The maximum atomic E-state index is 5.55. The lowest BCUT2D eigenvalue weighted by Gasteiger charge is -2.21. The van der Waals surface area contributed by atoms with Gasteiger partial charge in [-0.25, -0.2) is 0 Å². The van der Waals surface area contributed by atoms with Gasteiger partial charge in [-0.3, -0.25) is 0 Å². The molecule has 102 valence electrons. The molecule has 0 fully saturated rings. The van der Waals surface area contributed by atoms with E-state index in [2.05, 4.69) is 57.8 Å². The number of hydrogen-bond acceptors (Lipinski definition) is 2. The maximum absolute atomic E-state index is 5.55. The fraction of sp³-hybridized carbons (Fsp3) is 0.625. The lowest BCUT2D eigenvalue weighted by atomic mass is 9.85. The lowest BCUT2D eigenvalue weighted by Crippen LogP contribution is -2.27. The number of aryl methyl sites for hydroxylation is 1. The normalized spacial score (nSPS) is 12.2. The molecule has 0 saturated carbocycles. The quantitative estimate of drug-likeness (QED) is 0.868. The number of benzene rings is 1. The smallest absolute Gasteiger partial charge is 0.0102 e. The van der Waals surface area contributed by atoms with Gasteiger partial charge in [0.05, 0.1) is 0 Å². The molecule has 0 aromatic heterocycles. The van der Waals surface area contributed by atoms with Gasteiger partial charge in [-0.05, 0) is 42.5 Å². The molecule has 2 N–H and O–H groups in total. The summed E-state index contributed by atoms with van der Waals surface area (Å²) >= 11 is 0. The van der Waals surface area contributed by atoms with Crippen molar-refractivity contribution in [1.82, 2.24) is 4.90 Å². The Morgan fingerprint density at radius 3 is 2.33 bits per heavy atom. The van der Waals surface area contributed by atoms with Crippen molar-refractivity contribution < 1.29 is 0 Å². The molecule has 0 spiro atoms. The Morgan fingerprint density at radius 1 is 1.17 bits per heavy atom. The summed E-state index contributed by atoms with van der Waals surface area (Å²) in [4.78, 5) is 2.29. The van der Waals surface area contributed by atoms with Crippen LogP contribution < -0.4 is 5.73 Å². The van der Waals surface area contributed by atoms with Crippen LogP contribution in [0.15, 0.2) is 18.2 Å². The molecule has 1 aromatic carbocycles. The van der Waals surface area contributed by atoms with Gasteiger partial charge < -0.3 is 10.6 Å². The van der Waals surface area contributed by atoms with Crippen molar-refractivity contribution >= 4 is 0 Å². The third-order valence-electron chi connectivity index (χ3n) is 3.48. The van der Waals surface area contributed by atoms with Gasteiger partial charge in [0, 0.05) is 19.6 Å². The molecule has 0 bridgehead atoms. The first-order chi connectivity index (χ1) is 8.34. The zero-order valence-corrected chi connectivity index (χ0v) is 12.6. The minimum atomic E-state index is 0.236. The predicted molar refractivity (Wildman–Crippen MR) is 80.1 cm³/mol. The highest BCUT2D eigenvalue weighted by Crippen LogP contribution is 2.24. The summed E-state index contributed by atoms with van der Waals surface area (Å²) in [6.45, 7) is 11.8. The summed E-state index contributed by atoms with van der Waals surface area (Å²) in [5.74, 6) is 0. The Morgan fingerprint density at radius 2 is 1.83 bits per heavy atom. The van der Waals surface area contributed by atoms with Crippen molar-refractivity contribution in [3.63, 3.8) is 0 Å². The van der Waals surface area contributed by atoms with E-state index in [4.69, 9.17) is 5.73 Å². The van der Waals surface area contributed by atoms with Crippen molar-refractivity contribution in [3.05, 3.63) is 34.9 Å². The van der Waals surface area contributed by atoms with Gasteiger partial charge >= 0.3 is 0 Å². The Labute approximate surface area is 112 Å². The van der Waals surface area contributed by atoms with Crippen molar-refractivity contribution in [2.24, 2.45) is 5.73 Å². The van der Waals surface area contributed by atoms with E-state index in [0.29, 0.717) is 0 Å². The van der Waals surface area contributed by atoms with Gasteiger partial charge in [-0.15, -0.1) is 0 Å². The molecule has 0 saturated heterocycles. The summed E-state index contributed by atoms with van der Waals surface area (Å²) in [6.07, 6.45) is 1.10. The molecule has 0 unspecified atom stereocenters. The van der Waals surface area contributed by atoms with E-state index in [1.165, 1.54) is 16.7 Å². The summed E-state index contributed by atoms with van der Waals surface area (Å²) in [7, 11) is 2.13. The molecule has 2 nitrogen and oxygen atoms in total. The fourth-order valence-corrected chi connectivity index (χ4v) is 2.09. The monoisotopic (exact) mass is 248 g/mol. The van der Waals surface area contributed by atoms with E-state index in [9.17, 15) is 0 Å². The molecule has 0 aliphatic rings. The average molecular weight is 248 g/mol. The minimum Gasteiger partial charge on any atom is -0.329 e. The standard InChI is InChI=1S/C16H28N2/c1-13-12-15(16(2,3)4)7-6-14(13)8-10-18(5)11-9-17/h6-7,12H,8-11,17H2,1-5H3. The zero-order valence-electron chi connectivity index (χ0n) is 12.6. The van der Waals surface area contributed by atoms with Crippen molar-refractivity contribution in [2.45, 2.75) is 39.5 Å². The molecular formula is C16H28N2. The highest BCUT2D eigenvalue weighted by molar-refractivity contribution is 5.34. The number of hydrogen-bond donors (Lipinski definition) is 1. The van der Waals surface area contributed by atoms with E-state index < -0.39 is 0 Å². The molecule has 0 aliphatic heterocycles. The number of likely N-dealkylation sites (N-methyl/N-ethyl adjacent to an activating group) is 1. The Balaban J connectivity index is 2.69. The Bertz CT molecular complexity index is 377. The first-order valence-corrected chi connectivity index (χ1v) is 6.83. The Kier molecular flexibility index (Phi) is 5.36. The summed E-state index contributed by atoms with van der Waals surface area (Å²) in [5, 5.41) is 0. The van der Waals surface area contributed by atoms with Crippen molar-refractivity contribution in [1.29, 1.82) is 0 Å². The second kappa shape index (κ2) is 6.35. The van der Waals surface area contributed by atoms with Crippen LogP contribution in [0.4, 0.5) is 0 Å². The second-order valence-corrected chi connectivity index (χ2v) is 6.23. The lowest BCUT2D eigenvalue weighted by molar-refractivity contribution is 0.348. The van der Waals surface area contributed by atoms with Crippen LogP contribution in [0.1, 0.15) is 37.5 Å². The van der Waals surface area contributed by atoms with E-state index in [-0.39, 0.29) is 5.41 Å². The fourth-order valence-electron chi connectivity index (χ4n) is 2.09. The third-order valence-corrected chi connectivity index (χ3v) is 3.48. The van der Waals surface area contributed by atoms with E-state index in [0.717, 1.165) is 26.1 Å². The van der Waals surface area contributed by atoms with Crippen molar-refractivity contribution in [2.75, 3.05) is 26.7 Å². The average Bonchev–Trinajstić information content (AvgIpc) is 2.26. The van der Waals surface area contributed by atoms with Crippen molar-refractivity contribution in [3.8, 4) is 0 Å². The SMILES string of the molecule is Cc1cc(C(C)(C)C)ccc1CCN(C)CCN. The molecule has 2 heteroatoms. The third kappa shape index (κ3) is 4.43. The van der Waals surface area contributed by atoms with E-state index >= 15 is 0 Å². The highest BCUT2D eigenvalue weighted by Gasteiger charge is 2.14. The summed E-state index contributed by atoms with van der Waals surface area (Å²) in [6, 6.07) is 6.88. The largest absolute Gasteiger partial charge is 0.329 e. The van der Waals surface area contributed by atoms with Crippen LogP contribution in [-0.4, -0.2) is 31.6 Å². The molecule has 1 rings (SSSR count). The topological polar surface area (TPSA) is 29.3 Å². The molecular weight excluding hydrogens is 220 g/mol. The van der Waals surface area contributed by atoms with Crippen LogP contribution in [0.2, 0.25) is 0 Å². The summed E-state index contributed by atoms with van der Waals surface area (Å²) in [5.41, 5.74) is 10.1. The van der Waals surface area contributed by atoms with E-state index in [1.54, 1.807) is 0 Å². The highest BCUT2D eigenvalue weighted by atomic mass is 15.1. The minimum absolute atomic E-state index is 0.236. The number of nitrogens with zero attached hydrogens (tertiary/aromatic N) is 1. The van der Waals surface area contributed by atoms with Gasteiger partial charge in [0.25, 0.3) is 0 Å². The number of rotatable bonds is 5. The summed E-state index contributed by atoms with van der Waals surface area (Å²) < 4.78 is 0. The zero-order chi connectivity index (χ0) is 13.8. The van der Waals surface area contributed by atoms with Gasteiger partial charge in [0.15, 0.2) is 0 Å². The second-order valence-electron chi connectivity index (χ2n) is 6.23. The molecule has 0 atom stereocenters. The van der Waals surface area contributed by atoms with Crippen LogP contribution in [0, 0.1) is 6.92 Å². The van der Waals surface area contributed by atoms with Gasteiger partial charge in [-0.2, -0.15) is 0 Å². The van der Waals surface area contributed by atoms with Crippen LogP contribution >= 0.6 is 0 Å². The van der Waals surface area contributed by atoms with Gasteiger partial charge in [0.2, 0.25) is 0 Å².